The van der Waals surface area contributed by atoms with Gasteiger partial charge in [0.05, 0.1) is 6.61 Å². The molecule has 0 spiro atoms. The normalized spacial score (nSPS) is 20.1. The van der Waals surface area contributed by atoms with Gasteiger partial charge in [-0.1, -0.05) is 62.8 Å². The molecule has 0 heterocycles. The fourth-order valence-electron chi connectivity index (χ4n) is 5.75. The van der Waals surface area contributed by atoms with Crippen molar-refractivity contribution in [2.24, 2.45) is 5.41 Å². The van der Waals surface area contributed by atoms with Crippen LogP contribution in [0.5, 0.6) is 5.75 Å². The van der Waals surface area contributed by atoms with E-state index >= 15 is 0 Å². The van der Waals surface area contributed by atoms with Crippen LogP contribution < -0.4 is 4.74 Å². The van der Waals surface area contributed by atoms with Crippen LogP contribution in [0.3, 0.4) is 0 Å². The summed E-state index contributed by atoms with van der Waals surface area (Å²) in [7, 11) is 0. The van der Waals surface area contributed by atoms with Crippen LogP contribution in [0.15, 0.2) is 35.9 Å². The highest BCUT2D eigenvalue weighted by Crippen LogP contribution is 2.46. The van der Waals surface area contributed by atoms with Crippen LogP contribution in [-0.4, -0.2) is 6.61 Å². The molecule has 1 aromatic rings. The number of allylic oxidation sites excluding steroid dienone is 2. The Bertz CT molecular complexity index is 606. The minimum Gasteiger partial charge on any atom is -0.494 e. The summed E-state index contributed by atoms with van der Waals surface area (Å²) < 4.78 is 5.69. The third-order valence-corrected chi connectivity index (χ3v) is 7.55. The quantitative estimate of drug-likeness (QED) is 0.339. The van der Waals surface area contributed by atoms with E-state index in [0.717, 1.165) is 12.4 Å². The second-order valence-electron chi connectivity index (χ2n) is 9.71. The maximum absolute atomic E-state index is 5.69. The molecule has 2 aliphatic rings. The fraction of sp³-hybridized carbons (Fsp3) is 0.714. The van der Waals surface area contributed by atoms with Crippen LogP contribution in [0.1, 0.15) is 122 Å². The number of hydrogen-bond donors (Lipinski definition) is 0. The third kappa shape index (κ3) is 6.90. The Morgan fingerprint density at radius 1 is 0.931 bits per heavy atom. The molecule has 1 unspecified atom stereocenters. The minimum absolute atomic E-state index is 0.638. The zero-order valence-corrected chi connectivity index (χ0v) is 19.2. The van der Waals surface area contributed by atoms with Crippen LogP contribution >= 0.6 is 0 Å². The lowest BCUT2D eigenvalue weighted by molar-refractivity contribution is 0.145. The molecule has 0 aromatic heterocycles. The van der Waals surface area contributed by atoms with Gasteiger partial charge < -0.3 is 4.74 Å². The molecule has 29 heavy (non-hydrogen) atoms. The zero-order chi connectivity index (χ0) is 20.4. The molecule has 1 aromatic carbocycles. The SMILES string of the molecule is CCCCC1(CCC(CC2=CCCCC2)c2ccc(OCC)cc2)CCCCC1. The van der Waals surface area contributed by atoms with Crippen molar-refractivity contribution in [2.45, 2.75) is 116 Å². The first-order valence-electron chi connectivity index (χ1n) is 12.7. The van der Waals surface area contributed by atoms with Gasteiger partial charge in [-0.2, -0.15) is 0 Å². The summed E-state index contributed by atoms with van der Waals surface area (Å²) in [6.45, 7) is 5.16. The first-order chi connectivity index (χ1) is 14.2. The van der Waals surface area contributed by atoms with Gasteiger partial charge in [-0.25, -0.2) is 0 Å². The van der Waals surface area contributed by atoms with Crippen molar-refractivity contribution in [1.82, 2.24) is 0 Å². The van der Waals surface area contributed by atoms with Gasteiger partial charge in [0.1, 0.15) is 5.75 Å². The van der Waals surface area contributed by atoms with Crippen molar-refractivity contribution in [1.29, 1.82) is 0 Å². The predicted octanol–water partition coefficient (Wildman–Crippen LogP) is 8.98. The smallest absolute Gasteiger partial charge is 0.119 e. The average Bonchev–Trinajstić information content (AvgIpc) is 2.77. The van der Waals surface area contributed by atoms with E-state index in [-0.39, 0.29) is 0 Å². The van der Waals surface area contributed by atoms with E-state index in [1.807, 2.05) is 0 Å². The Balaban J connectivity index is 1.71. The number of benzene rings is 1. The first kappa shape index (κ1) is 22.4. The Morgan fingerprint density at radius 3 is 2.38 bits per heavy atom. The van der Waals surface area contributed by atoms with E-state index < -0.39 is 0 Å². The van der Waals surface area contributed by atoms with Gasteiger partial charge in [0.2, 0.25) is 0 Å². The van der Waals surface area contributed by atoms with Crippen LogP contribution in [0.25, 0.3) is 0 Å². The molecule has 0 saturated heterocycles. The van der Waals surface area contributed by atoms with E-state index in [2.05, 4.69) is 44.2 Å². The molecule has 0 N–H and O–H groups in total. The molecular formula is C28H44O. The van der Waals surface area contributed by atoms with Crippen LogP contribution in [0.2, 0.25) is 0 Å². The minimum atomic E-state index is 0.638. The molecule has 2 aliphatic carbocycles. The first-order valence-corrected chi connectivity index (χ1v) is 12.7. The van der Waals surface area contributed by atoms with E-state index in [1.165, 1.54) is 102 Å². The van der Waals surface area contributed by atoms with Crippen LogP contribution in [-0.2, 0) is 0 Å². The topological polar surface area (TPSA) is 9.23 Å². The summed E-state index contributed by atoms with van der Waals surface area (Å²) in [6, 6.07) is 9.07. The molecule has 0 bridgehead atoms. The lowest BCUT2D eigenvalue weighted by Crippen LogP contribution is -2.25. The summed E-state index contributed by atoms with van der Waals surface area (Å²) >= 11 is 0. The molecular weight excluding hydrogens is 352 g/mol. The Morgan fingerprint density at radius 2 is 1.72 bits per heavy atom. The fourth-order valence-corrected chi connectivity index (χ4v) is 5.75. The van der Waals surface area contributed by atoms with E-state index in [0.29, 0.717) is 11.3 Å². The monoisotopic (exact) mass is 396 g/mol. The Labute approximate surface area is 180 Å². The highest BCUT2D eigenvalue weighted by atomic mass is 16.5. The number of unbranched alkanes of at least 4 members (excludes halogenated alkanes) is 1. The summed E-state index contributed by atoms with van der Waals surface area (Å²) in [5.74, 6) is 1.69. The van der Waals surface area contributed by atoms with Crippen molar-refractivity contribution < 1.29 is 4.74 Å². The lowest BCUT2D eigenvalue weighted by Gasteiger charge is -2.39. The maximum atomic E-state index is 5.69. The Hall–Kier alpha value is -1.24. The lowest BCUT2D eigenvalue weighted by atomic mass is 9.67. The van der Waals surface area contributed by atoms with Crippen LogP contribution in [0, 0.1) is 5.41 Å². The summed E-state index contributed by atoms with van der Waals surface area (Å²) in [4.78, 5) is 0. The standard InChI is InChI=1S/C28H44O/c1-3-5-19-28(20-10-7-11-21-28)22-18-26(23-24-12-8-6-9-13-24)25-14-16-27(17-15-25)29-4-2/h12,14-17,26H,3-11,13,18-23H2,1-2H3. The molecule has 1 saturated carbocycles. The van der Waals surface area contributed by atoms with E-state index in [4.69, 9.17) is 4.74 Å². The highest BCUT2D eigenvalue weighted by Gasteiger charge is 2.32. The maximum Gasteiger partial charge on any atom is 0.119 e. The van der Waals surface area contributed by atoms with Gasteiger partial charge >= 0.3 is 0 Å². The van der Waals surface area contributed by atoms with Gasteiger partial charge in [-0.05, 0) is 100 Å². The molecule has 1 fully saturated rings. The number of ether oxygens (including phenoxy) is 1. The van der Waals surface area contributed by atoms with Gasteiger partial charge in [-0.3, -0.25) is 0 Å². The number of hydrogen-bond acceptors (Lipinski definition) is 1. The molecule has 0 amide bonds. The molecule has 3 rings (SSSR count). The highest BCUT2D eigenvalue weighted by molar-refractivity contribution is 5.30. The van der Waals surface area contributed by atoms with E-state index in [1.54, 1.807) is 5.57 Å². The molecule has 1 atom stereocenters. The molecule has 0 radical (unpaired) electrons. The van der Waals surface area contributed by atoms with E-state index in [9.17, 15) is 0 Å². The molecule has 0 aliphatic heterocycles. The number of rotatable bonds is 11. The van der Waals surface area contributed by atoms with Crippen molar-refractivity contribution in [3.63, 3.8) is 0 Å². The summed E-state index contributed by atoms with van der Waals surface area (Å²) in [6.07, 6.45) is 23.6. The third-order valence-electron chi connectivity index (χ3n) is 7.55. The second-order valence-corrected chi connectivity index (χ2v) is 9.71. The average molecular weight is 397 g/mol. The van der Waals surface area contributed by atoms with Gasteiger partial charge in [0, 0.05) is 0 Å². The molecule has 1 heteroatoms. The van der Waals surface area contributed by atoms with Crippen LogP contribution in [0.4, 0.5) is 0 Å². The van der Waals surface area contributed by atoms with Crippen molar-refractivity contribution in [2.75, 3.05) is 6.61 Å². The molecule has 162 valence electrons. The van der Waals surface area contributed by atoms with Crippen molar-refractivity contribution in [3.05, 3.63) is 41.5 Å². The van der Waals surface area contributed by atoms with Gasteiger partial charge in [-0.15, -0.1) is 0 Å². The van der Waals surface area contributed by atoms with Gasteiger partial charge in [0.15, 0.2) is 0 Å². The molecule has 1 nitrogen and oxygen atoms in total. The Kier molecular flexibility index (Phi) is 9.15. The second kappa shape index (κ2) is 11.8. The van der Waals surface area contributed by atoms with Gasteiger partial charge in [0.25, 0.3) is 0 Å². The summed E-state index contributed by atoms with van der Waals surface area (Å²) in [5, 5.41) is 0. The summed E-state index contributed by atoms with van der Waals surface area (Å²) in [5.41, 5.74) is 3.89. The van der Waals surface area contributed by atoms with Crippen molar-refractivity contribution in [3.8, 4) is 5.75 Å². The van der Waals surface area contributed by atoms with Crippen molar-refractivity contribution >= 4 is 0 Å². The largest absolute Gasteiger partial charge is 0.494 e. The predicted molar refractivity (Wildman–Crippen MR) is 126 cm³/mol. The zero-order valence-electron chi connectivity index (χ0n) is 19.2.